The van der Waals surface area contributed by atoms with Crippen LogP contribution in [0.4, 0.5) is 13.6 Å². The number of hydrogen-bond donors (Lipinski definition) is 1. The molecular weight excluding hydrogens is 422 g/mol. The first-order chi connectivity index (χ1) is 12.8. The van der Waals surface area contributed by atoms with Crippen LogP contribution < -0.4 is 5.32 Å². The van der Waals surface area contributed by atoms with Crippen molar-refractivity contribution in [3.63, 3.8) is 0 Å². The molecule has 1 fully saturated rings. The Morgan fingerprint density at radius 2 is 1.96 bits per heavy atom. The predicted octanol–water partition coefficient (Wildman–Crippen LogP) is 3.30. The summed E-state index contributed by atoms with van der Waals surface area (Å²) in [6.45, 7) is -0.610. The molecule has 2 aromatic rings. The van der Waals surface area contributed by atoms with Crippen LogP contribution in [-0.2, 0) is 16.8 Å². The van der Waals surface area contributed by atoms with Crippen molar-refractivity contribution in [3.8, 4) is 0 Å². The first-order valence-electron chi connectivity index (χ1n) is 8.23. The topological polar surface area (TPSA) is 66.5 Å². The summed E-state index contributed by atoms with van der Waals surface area (Å²) in [7, 11) is 0. The number of nitrogens with zero attached hydrogens (tertiary/aromatic N) is 1. The average molecular weight is 435 g/mol. The number of aryl methyl sites for hydroxylation is 1. The number of halogens is 3. The Labute approximate surface area is 161 Å². The van der Waals surface area contributed by atoms with Crippen LogP contribution >= 0.6 is 15.9 Å². The van der Waals surface area contributed by atoms with Gasteiger partial charge in [-0.2, -0.15) is 0 Å². The molecule has 4 rings (SSSR count). The number of carbonyl (C=O) groups is 3. The molecule has 1 aliphatic carbocycles. The normalized spacial score (nSPS) is 20.9. The zero-order valence-electron chi connectivity index (χ0n) is 13.9. The highest BCUT2D eigenvalue weighted by molar-refractivity contribution is 9.10. The number of rotatable bonds is 3. The van der Waals surface area contributed by atoms with E-state index < -0.39 is 41.4 Å². The number of urea groups is 1. The molecule has 138 valence electrons. The van der Waals surface area contributed by atoms with Gasteiger partial charge in [0.15, 0.2) is 5.78 Å². The van der Waals surface area contributed by atoms with Crippen molar-refractivity contribution in [3.05, 3.63) is 69.2 Å². The van der Waals surface area contributed by atoms with Gasteiger partial charge in [-0.3, -0.25) is 14.5 Å². The number of fused-ring (bicyclic) bond motifs is 2. The van der Waals surface area contributed by atoms with E-state index in [1.807, 2.05) is 6.07 Å². The number of benzene rings is 2. The smallest absolute Gasteiger partial charge is 0.319 e. The Bertz CT molecular complexity index is 1010. The molecule has 0 radical (unpaired) electrons. The van der Waals surface area contributed by atoms with Gasteiger partial charge in [0.2, 0.25) is 0 Å². The number of ketones is 1. The first kappa shape index (κ1) is 17.8. The first-order valence-corrected chi connectivity index (χ1v) is 9.02. The molecule has 1 N–H and O–H groups in total. The third-order valence-electron chi connectivity index (χ3n) is 5.01. The van der Waals surface area contributed by atoms with Gasteiger partial charge < -0.3 is 5.32 Å². The van der Waals surface area contributed by atoms with Crippen molar-refractivity contribution in [2.75, 3.05) is 6.54 Å². The van der Waals surface area contributed by atoms with Gasteiger partial charge in [-0.25, -0.2) is 13.6 Å². The van der Waals surface area contributed by atoms with E-state index >= 15 is 0 Å². The van der Waals surface area contributed by atoms with Crippen molar-refractivity contribution in [2.45, 2.75) is 18.4 Å². The number of carbonyl (C=O) groups excluding carboxylic acids is 3. The third-order valence-corrected chi connectivity index (χ3v) is 5.50. The molecule has 1 unspecified atom stereocenters. The third kappa shape index (κ3) is 2.75. The number of Topliss-reactive ketones (excluding diaryl/α,β-unsaturated/α-hetero) is 1. The van der Waals surface area contributed by atoms with Gasteiger partial charge in [0.05, 0.1) is 12.1 Å². The van der Waals surface area contributed by atoms with E-state index in [-0.39, 0.29) is 5.56 Å². The summed E-state index contributed by atoms with van der Waals surface area (Å²) in [5, 5.41) is 2.70. The monoisotopic (exact) mass is 434 g/mol. The average Bonchev–Trinajstić information content (AvgIpc) is 3.07. The number of nitrogens with one attached hydrogen (secondary N) is 1. The molecule has 1 saturated heterocycles. The summed E-state index contributed by atoms with van der Waals surface area (Å²) in [5.41, 5.74) is 0.0748. The number of hydrogen-bond acceptors (Lipinski definition) is 3. The lowest BCUT2D eigenvalue weighted by atomic mass is 9.92. The highest BCUT2D eigenvalue weighted by atomic mass is 79.9. The van der Waals surface area contributed by atoms with Crippen LogP contribution in [0.1, 0.15) is 27.9 Å². The summed E-state index contributed by atoms with van der Waals surface area (Å²) >= 11 is 3.38. The van der Waals surface area contributed by atoms with Crippen LogP contribution in [0.25, 0.3) is 0 Å². The largest absolute Gasteiger partial charge is 0.325 e. The van der Waals surface area contributed by atoms with Crippen molar-refractivity contribution in [1.29, 1.82) is 0 Å². The fraction of sp³-hybridized carbons (Fsp3) is 0.211. The van der Waals surface area contributed by atoms with Crippen LogP contribution in [0.15, 0.2) is 40.9 Å². The van der Waals surface area contributed by atoms with Crippen molar-refractivity contribution < 1.29 is 23.2 Å². The van der Waals surface area contributed by atoms with Crippen LogP contribution in [0.5, 0.6) is 0 Å². The van der Waals surface area contributed by atoms with Crippen LogP contribution in [0.3, 0.4) is 0 Å². The van der Waals surface area contributed by atoms with Crippen LogP contribution in [0, 0.1) is 11.6 Å². The number of amides is 3. The summed E-state index contributed by atoms with van der Waals surface area (Å²) in [6.07, 6.45) is 0.994. The summed E-state index contributed by atoms with van der Waals surface area (Å²) < 4.78 is 27.7. The Hall–Kier alpha value is -2.61. The Kier molecular flexibility index (Phi) is 4.10. The minimum absolute atomic E-state index is 0.367. The minimum atomic E-state index is -1.20. The zero-order valence-corrected chi connectivity index (χ0v) is 15.5. The number of imide groups is 1. The maximum absolute atomic E-state index is 13.8. The van der Waals surface area contributed by atoms with Gasteiger partial charge >= 0.3 is 6.03 Å². The molecule has 0 bridgehead atoms. The van der Waals surface area contributed by atoms with Crippen LogP contribution in [-0.4, -0.2) is 29.2 Å². The molecular formula is C19H13BrF2N2O3. The maximum atomic E-state index is 13.8. The molecule has 1 atom stereocenters. The van der Waals surface area contributed by atoms with E-state index in [1.165, 1.54) is 0 Å². The molecule has 27 heavy (non-hydrogen) atoms. The molecule has 0 saturated carbocycles. The maximum Gasteiger partial charge on any atom is 0.325 e. The van der Waals surface area contributed by atoms with E-state index in [4.69, 9.17) is 0 Å². The van der Waals surface area contributed by atoms with Gasteiger partial charge in [0.1, 0.15) is 17.2 Å². The summed E-state index contributed by atoms with van der Waals surface area (Å²) in [4.78, 5) is 38.6. The second-order valence-corrected chi connectivity index (χ2v) is 7.49. The standard InChI is InChI=1S/C19H13BrF2N2O3/c20-11-1-4-14-10(7-11)5-6-19(14)17(26)24(18(27)23-19)9-16(25)13-3-2-12(21)8-15(13)22/h1-4,7-8H,5-6,9H2,(H,23,27). The molecule has 2 aliphatic rings. The molecule has 3 amide bonds. The molecule has 1 aliphatic heterocycles. The Balaban J connectivity index is 1.62. The molecule has 0 aromatic heterocycles. The van der Waals surface area contributed by atoms with Crippen molar-refractivity contribution >= 4 is 33.7 Å². The zero-order chi connectivity index (χ0) is 19.3. The SMILES string of the molecule is O=C(CN1C(=O)NC2(CCc3cc(Br)ccc32)C1=O)c1ccc(F)cc1F. The fourth-order valence-electron chi connectivity index (χ4n) is 3.71. The summed E-state index contributed by atoms with van der Waals surface area (Å²) in [6, 6.07) is 7.30. The highest BCUT2D eigenvalue weighted by Crippen LogP contribution is 2.42. The predicted molar refractivity (Wildman–Crippen MR) is 95.1 cm³/mol. The molecule has 2 aromatic carbocycles. The lowest BCUT2D eigenvalue weighted by Crippen LogP contribution is -2.42. The second kappa shape index (κ2) is 6.23. The fourth-order valence-corrected chi connectivity index (χ4v) is 4.12. The van der Waals surface area contributed by atoms with Gasteiger partial charge in [-0.1, -0.05) is 22.0 Å². The Morgan fingerprint density at radius 1 is 1.19 bits per heavy atom. The Morgan fingerprint density at radius 3 is 2.70 bits per heavy atom. The summed E-state index contributed by atoms with van der Waals surface area (Å²) in [5.74, 6) is -3.16. The van der Waals surface area contributed by atoms with Gasteiger partial charge in [0, 0.05) is 10.5 Å². The lowest BCUT2D eigenvalue weighted by Gasteiger charge is -2.22. The van der Waals surface area contributed by atoms with E-state index in [2.05, 4.69) is 21.2 Å². The molecule has 5 nitrogen and oxygen atoms in total. The molecule has 1 spiro atoms. The van der Waals surface area contributed by atoms with E-state index in [9.17, 15) is 23.2 Å². The highest BCUT2D eigenvalue weighted by Gasteiger charge is 2.55. The van der Waals surface area contributed by atoms with Crippen molar-refractivity contribution in [1.82, 2.24) is 10.2 Å². The lowest BCUT2D eigenvalue weighted by molar-refractivity contribution is -0.131. The van der Waals surface area contributed by atoms with Gasteiger partial charge in [0.25, 0.3) is 5.91 Å². The van der Waals surface area contributed by atoms with Crippen LogP contribution in [0.2, 0.25) is 0 Å². The van der Waals surface area contributed by atoms with Gasteiger partial charge in [-0.15, -0.1) is 0 Å². The quantitative estimate of drug-likeness (QED) is 0.595. The van der Waals surface area contributed by atoms with E-state index in [0.29, 0.717) is 24.5 Å². The molecule has 8 heteroatoms. The van der Waals surface area contributed by atoms with E-state index in [0.717, 1.165) is 27.1 Å². The molecule has 1 heterocycles. The van der Waals surface area contributed by atoms with E-state index in [1.54, 1.807) is 12.1 Å². The second-order valence-electron chi connectivity index (χ2n) is 6.58. The van der Waals surface area contributed by atoms with Gasteiger partial charge in [-0.05, 0) is 48.2 Å². The minimum Gasteiger partial charge on any atom is -0.319 e. The van der Waals surface area contributed by atoms with Crippen molar-refractivity contribution in [2.24, 2.45) is 0 Å².